The van der Waals surface area contributed by atoms with E-state index in [0.29, 0.717) is 0 Å². The van der Waals surface area contributed by atoms with E-state index in [1.807, 2.05) is 13.8 Å². The first-order valence-electron chi connectivity index (χ1n) is 3.37. The molecule has 0 bridgehead atoms. The Kier molecular flexibility index (Phi) is 4.03. The summed E-state index contributed by atoms with van der Waals surface area (Å²) in [5.41, 5.74) is 0. The molecule has 0 aliphatic carbocycles. The third-order valence-corrected chi connectivity index (χ3v) is 0.959. The van der Waals surface area contributed by atoms with Crippen LogP contribution < -0.4 is 5.11 Å². The second-order valence-corrected chi connectivity index (χ2v) is 2.57. The highest BCUT2D eigenvalue weighted by Gasteiger charge is 2.03. The van der Waals surface area contributed by atoms with Gasteiger partial charge in [-0.1, -0.05) is 0 Å². The lowest BCUT2D eigenvalue weighted by atomic mass is 10.3. The quantitative estimate of drug-likeness (QED) is 0.556. The standard InChI is InChI=1S/C7H14O3/c1-5(2)10-6(3)4-7(8)9/h5-6H,4H2,1-3H3,(H,8,9)/p-1. The average molecular weight is 145 g/mol. The predicted octanol–water partition coefficient (Wildman–Crippen LogP) is -0.0601. The van der Waals surface area contributed by atoms with Gasteiger partial charge in [-0.3, -0.25) is 0 Å². The first-order valence-corrected chi connectivity index (χ1v) is 3.37. The fourth-order valence-corrected chi connectivity index (χ4v) is 0.747. The molecule has 0 saturated heterocycles. The van der Waals surface area contributed by atoms with Crippen LogP contribution in [0.4, 0.5) is 0 Å². The number of aliphatic carboxylic acids is 1. The number of hydrogen-bond donors (Lipinski definition) is 0. The van der Waals surface area contributed by atoms with Crippen LogP contribution in [0, 0.1) is 0 Å². The molecule has 0 N–H and O–H groups in total. The summed E-state index contributed by atoms with van der Waals surface area (Å²) in [4.78, 5) is 10.0. The molecule has 0 heterocycles. The van der Waals surface area contributed by atoms with Crippen molar-refractivity contribution in [3.63, 3.8) is 0 Å². The Hall–Kier alpha value is -0.570. The summed E-state index contributed by atoms with van der Waals surface area (Å²) in [6, 6.07) is 0. The summed E-state index contributed by atoms with van der Waals surface area (Å²) in [7, 11) is 0. The van der Waals surface area contributed by atoms with Crippen molar-refractivity contribution < 1.29 is 14.6 Å². The summed E-state index contributed by atoms with van der Waals surface area (Å²) in [6.07, 6.45) is -0.197. The zero-order valence-corrected chi connectivity index (χ0v) is 6.59. The lowest BCUT2D eigenvalue weighted by Gasteiger charge is -2.15. The number of ether oxygens (including phenoxy) is 1. The maximum atomic E-state index is 10.0. The smallest absolute Gasteiger partial charge is 0.0602 e. The highest BCUT2D eigenvalue weighted by Crippen LogP contribution is 1.99. The molecule has 0 aliphatic heterocycles. The Morgan fingerprint density at radius 3 is 2.30 bits per heavy atom. The molecule has 0 aromatic heterocycles. The molecule has 3 heteroatoms. The Balaban J connectivity index is 3.43. The molecule has 0 amide bonds. The highest BCUT2D eigenvalue weighted by atomic mass is 16.5. The molecule has 1 atom stereocenters. The van der Waals surface area contributed by atoms with Gasteiger partial charge < -0.3 is 14.6 Å². The largest absolute Gasteiger partial charge is 0.550 e. The SMILES string of the molecule is CC(C)OC(C)CC(=O)[O-]. The Labute approximate surface area is 61.0 Å². The Bertz CT molecular complexity index is 109. The molecule has 0 saturated carbocycles. The molecular weight excluding hydrogens is 132 g/mol. The Morgan fingerprint density at radius 1 is 1.50 bits per heavy atom. The molecule has 10 heavy (non-hydrogen) atoms. The first kappa shape index (κ1) is 9.43. The van der Waals surface area contributed by atoms with Gasteiger partial charge in [-0.25, -0.2) is 0 Å². The van der Waals surface area contributed by atoms with Crippen LogP contribution >= 0.6 is 0 Å². The third kappa shape index (κ3) is 5.56. The second-order valence-electron chi connectivity index (χ2n) is 2.57. The number of hydrogen-bond acceptors (Lipinski definition) is 3. The van der Waals surface area contributed by atoms with E-state index in [-0.39, 0.29) is 18.6 Å². The average Bonchev–Trinajstić information content (AvgIpc) is 1.58. The fourth-order valence-electron chi connectivity index (χ4n) is 0.747. The fraction of sp³-hybridized carbons (Fsp3) is 0.857. The van der Waals surface area contributed by atoms with E-state index in [4.69, 9.17) is 4.74 Å². The number of carbonyl (C=O) groups is 1. The van der Waals surface area contributed by atoms with Gasteiger partial charge >= 0.3 is 0 Å². The first-order chi connectivity index (χ1) is 4.52. The molecule has 1 unspecified atom stereocenters. The van der Waals surface area contributed by atoms with Crippen LogP contribution in [0.3, 0.4) is 0 Å². The second kappa shape index (κ2) is 4.28. The van der Waals surface area contributed by atoms with Gasteiger partial charge in [-0.15, -0.1) is 0 Å². The monoisotopic (exact) mass is 145 g/mol. The van der Waals surface area contributed by atoms with E-state index in [9.17, 15) is 9.90 Å². The number of carbonyl (C=O) groups excluding carboxylic acids is 1. The van der Waals surface area contributed by atoms with Crippen molar-refractivity contribution in [2.24, 2.45) is 0 Å². The molecular formula is C7H13O3-. The zero-order valence-electron chi connectivity index (χ0n) is 6.59. The lowest BCUT2D eigenvalue weighted by Crippen LogP contribution is -2.28. The summed E-state index contributed by atoms with van der Waals surface area (Å²) in [5, 5.41) is 10.0. The van der Waals surface area contributed by atoms with Gasteiger partial charge in [0.25, 0.3) is 0 Å². The normalized spacial score (nSPS) is 13.6. The van der Waals surface area contributed by atoms with Gasteiger partial charge in [0, 0.05) is 12.4 Å². The van der Waals surface area contributed by atoms with E-state index in [0.717, 1.165) is 0 Å². The maximum Gasteiger partial charge on any atom is 0.0602 e. The van der Waals surface area contributed by atoms with Gasteiger partial charge in [-0.2, -0.15) is 0 Å². The molecule has 0 spiro atoms. The van der Waals surface area contributed by atoms with Gasteiger partial charge in [0.1, 0.15) is 0 Å². The van der Waals surface area contributed by atoms with Crippen LogP contribution in [-0.4, -0.2) is 18.2 Å². The minimum Gasteiger partial charge on any atom is -0.550 e. The van der Waals surface area contributed by atoms with Crippen molar-refractivity contribution in [3.8, 4) is 0 Å². The summed E-state index contributed by atoms with van der Waals surface area (Å²) in [5.74, 6) is -1.06. The van der Waals surface area contributed by atoms with Crippen LogP contribution in [0.5, 0.6) is 0 Å². The molecule has 0 aromatic rings. The minimum atomic E-state index is -1.06. The molecule has 0 aromatic carbocycles. The predicted molar refractivity (Wildman–Crippen MR) is 35.3 cm³/mol. The van der Waals surface area contributed by atoms with E-state index in [1.54, 1.807) is 6.92 Å². The van der Waals surface area contributed by atoms with E-state index in [1.165, 1.54) is 0 Å². The van der Waals surface area contributed by atoms with Crippen LogP contribution in [0.1, 0.15) is 27.2 Å². The van der Waals surface area contributed by atoms with Crippen molar-refractivity contribution in [3.05, 3.63) is 0 Å². The van der Waals surface area contributed by atoms with Gasteiger partial charge in [0.2, 0.25) is 0 Å². The topological polar surface area (TPSA) is 49.4 Å². The van der Waals surface area contributed by atoms with Gasteiger partial charge in [-0.05, 0) is 20.8 Å². The molecule has 0 fully saturated rings. The molecule has 0 aliphatic rings. The van der Waals surface area contributed by atoms with Crippen LogP contribution in [0.2, 0.25) is 0 Å². The highest BCUT2D eigenvalue weighted by molar-refractivity contribution is 5.64. The Morgan fingerprint density at radius 2 is 2.00 bits per heavy atom. The van der Waals surface area contributed by atoms with Crippen molar-refractivity contribution >= 4 is 5.97 Å². The van der Waals surface area contributed by atoms with Gasteiger partial charge in [0.15, 0.2) is 0 Å². The van der Waals surface area contributed by atoms with Crippen molar-refractivity contribution in [1.29, 1.82) is 0 Å². The molecule has 3 nitrogen and oxygen atoms in total. The summed E-state index contributed by atoms with van der Waals surface area (Å²) >= 11 is 0. The number of carboxylic acid groups (broad SMARTS) is 1. The summed E-state index contributed by atoms with van der Waals surface area (Å²) in [6.45, 7) is 5.45. The molecule has 0 rings (SSSR count). The van der Waals surface area contributed by atoms with E-state index < -0.39 is 5.97 Å². The number of rotatable bonds is 4. The van der Waals surface area contributed by atoms with Crippen LogP contribution in [0.25, 0.3) is 0 Å². The lowest BCUT2D eigenvalue weighted by molar-refractivity contribution is -0.307. The summed E-state index contributed by atoms with van der Waals surface area (Å²) < 4.78 is 5.14. The van der Waals surface area contributed by atoms with Crippen molar-refractivity contribution in [2.75, 3.05) is 0 Å². The van der Waals surface area contributed by atoms with Crippen LogP contribution in [0.15, 0.2) is 0 Å². The van der Waals surface area contributed by atoms with Crippen LogP contribution in [-0.2, 0) is 9.53 Å². The minimum absolute atomic E-state index is 0.0296. The van der Waals surface area contributed by atoms with E-state index in [2.05, 4.69) is 0 Å². The number of carboxylic acids is 1. The maximum absolute atomic E-state index is 10.0. The van der Waals surface area contributed by atoms with Crippen molar-refractivity contribution in [2.45, 2.75) is 39.4 Å². The third-order valence-electron chi connectivity index (χ3n) is 0.959. The van der Waals surface area contributed by atoms with Crippen molar-refractivity contribution in [1.82, 2.24) is 0 Å². The van der Waals surface area contributed by atoms with Gasteiger partial charge in [0.05, 0.1) is 12.2 Å². The zero-order chi connectivity index (χ0) is 8.15. The molecule has 0 radical (unpaired) electrons. The molecule has 60 valence electrons. The van der Waals surface area contributed by atoms with E-state index >= 15 is 0 Å².